The normalized spacial score (nSPS) is 27.7. The van der Waals surface area contributed by atoms with Gasteiger partial charge in [-0.15, -0.1) is 0 Å². The van der Waals surface area contributed by atoms with E-state index >= 15 is 0 Å². The molecule has 0 aromatic rings. The molecule has 0 aromatic heterocycles. The SMILES string of the molecule is C=C(C(=O)C1CC2CCC(C1)N2C(=O)OC(C)(C)C)[Si](C)(C)C. The standard InChI is InChI=1S/C18H31NO3Si/c1-12(23(5,6)7)16(20)13-10-14-8-9-15(11-13)19(14)17(21)22-18(2,3)4/h13-15H,1,8-11H2,2-7H3. The fraction of sp³-hybridized carbons (Fsp3) is 0.778. The van der Waals surface area contributed by atoms with Gasteiger partial charge in [0.15, 0.2) is 5.78 Å². The zero-order valence-corrected chi connectivity index (χ0v) is 16.4. The summed E-state index contributed by atoms with van der Waals surface area (Å²) in [7, 11) is -1.65. The highest BCUT2D eigenvalue weighted by molar-refractivity contribution is 6.87. The number of hydrogen-bond acceptors (Lipinski definition) is 3. The van der Waals surface area contributed by atoms with Crippen molar-refractivity contribution in [1.29, 1.82) is 0 Å². The van der Waals surface area contributed by atoms with E-state index in [9.17, 15) is 9.59 Å². The molecule has 2 bridgehead atoms. The molecule has 0 saturated carbocycles. The molecule has 0 N–H and O–H groups in total. The summed E-state index contributed by atoms with van der Waals surface area (Å²) < 4.78 is 5.55. The second kappa shape index (κ2) is 6.08. The quantitative estimate of drug-likeness (QED) is 0.573. The first-order valence-corrected chi connectivity index (χ1v) is 12.1. The zero-order valence-electron chi connectivity index (χ0n) is 15.4. The van der Waals surface area contributed by atoms with Crippen LogP contribution in [-0.2, 0) is 9.53 Å². The third-order valence-corrected chi connectivity index (χ3v) is 6.97. The largest absolute Gasteiger partial charge is 0.444 e. The number of ether oxygens (including phenoxy) is 1. The van der Waals surface area contributed by atoms with Gasteiger partial charge in [-0.05, 0) is 51.7 Å². The Hall–Kier alpha value is -1.10. The van der Waals surface area contributed by atoms with Crippen LogP contribution in [0.15, 0.2) is 11.8 Å². The van der Waals surface area contributed by atoms with E-state index in [-0.39, 0.29) is 29.9 Å². The Morgan fingerprint density at radius 1 is 1.09 bits per heavy atom. The molecule has 2 rings (SSSR count). The van der Waals surface area contributed by atoms with Crippen LogP contribution in [0.25, 0.3) is 0 Å². The second-order valence-corrected chi connectivity index (χ2v) is 14.1. The van der Waals surface area contributed by atoms with Crippen molar-refractivity contribution in [1.82, 2.24) is 4.90 Å². The van der Waals surface area contributed by atoms with Crippen LogP contribution in [0.4, 0.5) is 4.79 Å². The number of carbonyl (C=O) groups is 2. The lowest BCUT2D eigenvalue weighted by molar-refractivity contribution is -0.121. The molecule has 0 aromatic carbocycles. The molecule has 2 aliphatic rings. The van der Waals surface area contributed by atoms with Crippen molar-refractivity contribution in [2.24, 2.45) is 5.92 Å². The monoisotopic (exact) mass is 337 g/mol. The van der Waals surface area contributed by atoms with Crippen molar-refractivity contribution < 1.29 is 14.3 Å². The average molecular weight is 338 g/mol. The van der Waals surface area contributed by atoms with Crippen LogP contribution in [0.1, 0.15) is 46.5 Å². The lowest BCUT2D eigenvalue weighted by Crippen LogP contribution is -2.50. The van der Waals surface area contributed by atoms with Crippen molar-refractivity contribution in [2.75, 3.05) is 0 Å². The molecule has 1 amide bonds. The molecular formula is C18H31NO3Si. The molecule has 130 valence electrons. The topological polar surface area (TPSA) is 46.6 Å². The van der Waals surface area contributed by atoms with E-state index in [1.54, 1.807) is 0 Å². The summed E-state index contributed by atoms with van der Waals surface area (Å²) in [6.45, 7) is 16.2. The number of hydrogen-bond donors (Lipinski definition) is 0. The molecule has 2 saturated heterocycles. The number of fused-ring (bicyclic) bond motifs is 2. The Bertz CT molecular complexity index is 501. The minimum atomic E-state index is -1.65. The maximum Gasteiger partial charge on any atom is 0.410 e. The van der Waals surface area contributed by atoms with Gasteiger partial charge < -0.3 is 9.64 Å². The summed E-state index contributed by atoms with van der Waals surface area (Å²) in [5, 5.41) is 0.840. The summed E-state index contributed by atoms with van der Waals surface area (Å²) in [4.78, 5) is 27.1. The van der Waals surface area contributed by atoms with Crippen LogP contribution in [0.5, 0.6) is 0 Å². The predicted molar refractivity (Wildman–Crippen MR) is 95.1 cm³/mol. The van der Waals surface area contributed by atoms with Gasteiger partial charge in [0.05, 0.1) is 8.07 Å². The highest BCUT2D eigenvalue weighted by Crippen LogP contribution is 2.41. The van der Waals surface area contributed by atoms with Crippen molar-refractivity contribution in [3.63, 3.8) is 0 Å². The van der Waals surface area contributed by atoms with Gasteiger partial charge in [0, 0.05) is 18.0 Å². The molecule has 23 heavy (non-hydrogen) atoms. The fourth-order valence-electron chi connectivity index (χ4n) is 3.62. The van der Waals surface area contributed by atoms with Crippen LogP contribution in [0, 0.1) is 5.92 Å². The Morgan fingerprint density at radius 2 is 1.57 bits per heavy atom. The van der Waals surface area contributed by atoms with Crippen molar-refractivity contribution in [3.8, 4) is 0 Å². The van der Waals surface area contributed by atoms with E-state index in [1.807, 2.05) is 25.7 Å². The van der Waals surface area contributed by atoms with Crippen molar-refractivity contribution >= 4 is 20.0 Å². The maximum absolute atomic E-state index is 12.8. The van der Waals surface area contributed by atoms with Crippen LogP contribution in [0.2, 0.25) is 19.6 Å². The van der Waals surface area contributed by atoms with E-state index in [0.29, 0.717) is 0 Å². The minimum Gasteiger partial charge on any atom is -0.444 e. The Morgan fingerprint density at radius 3 is 1.96 bits per heavy atom. The molecule has 2 heterocycles. The number of allylic oxidation sites excluding steroid dienone is 1. The first-order chi connectivity index (χ1) is 10.4. The Balaban J connectivity index is 2.06. The molecule has 5 heteroatoms. The van der Waals surface area contributed by atoms with Gasteiger partial charge in [-0.25, -0.2) is 4.79 Å². The van der Waals surface area contributed by atoms with E-state index in [0.717, 1.165) is 30.9 Å². The van der Waals surface area contributed by atoms with Crippen LogP contribution in [-0.4, -0.2) is 42.5 Å². The summed E-state index contributed by atoms with van der Waals surface area (Å²) in [6, 6.07) is 0.291. The first kappa shape index (κ1) is 18.2. The molecule has 0 radical (unpaired) electrons. The molecule has 0 spiro atoms. The van der Waals surface area contributed by atoms with E-state index in [4.69, 9.17) is 4.74 Å². The van der Waals surface area contributed by atoms with Gasteiger partial charge in [-0.2, -0.15) is 0 Å². The summed E-state index contributed by atoms with van der Waals surface area (Å²) in [5.41, 5.74) is -0.477. The number of rotatable bonds is 3. The number of piperidine rings is 1. The third-order valence-electron chi connectivity index (χ3n) is 4.91. The van der Waals surface area contributed by atoms with Gasteiger partial charge in [0.2, 0.25) is 0 Å². The minimum absolute atomic E-state index is 0.0328. The molecule has 2 unspecified atom stereocenters. The number of Topliss-reactive ketones (excluding diaryl/α,β-unsaturated/α-hetero) is 1. The third kappa shape index (κ3) is 4.06. The summed E-state index contributed by atoms with van der Waals surface area (Å²) in [5.74, 6) is 0.273. The number of carbonyl (C=O) groups excluding carboxylic acids is 2. The van der Waals surface area contributed by atoms with Gasteiger partial charge in [0.25, 0.3) is 0 Å². The highest BCUT2D eigenvalue weighted by Gasteiger charge is 2.47. The smallest absolute Gasteiger partial charge is 0.410 e. The molecule has 2 aliphatic heterocycles. The van der Waals surface area contributed by atoms with E-state index in [2.05, 4.69) is 26.2 Å². The molecule has 4 nitrogen and oxygen atoms in total. The highest BCUT2D eigenvalue weighted by atomic mass is 28.3. The molecule has 2 fully saturated rings. The number of nitrogens with zero attached hydrogens (tertiary/aromatic N) is 1. The summed E-state index contributed by atoms with van der Waals surface area (Å²) in [6.07, 6.45) is 3.26. The maximum atomic E-state index is 12.8. The van der Waals surface area contributed by atoms with Crippen molar-refractivity contribution in [3.05, 3.63) is 11.8 Å². The Kier molecular flexibility index (Phi) is 4.82. The summed E-state index contributed by atoms with van der Waals surface area (Å²) >= 11 is 0. The van der Waals surface area contributed by atoms with Crippen LogP contribution in [0.3, 0.4) is 0 Å². The fourth-order valence-corrected chi connectivity index (χ4v) is 4.56. The second-order valence-electron chi connectivity index (χ2n) is 9.03. The van der Waals surface area contributed by atoms with Gasteiger partial charge >= 0.3 is 6.09 Å². The van der Waals surface area contributed by atoms with Crippen molar-refractivity contribution in [2.45, 2.75) is 83.8 Å². The zero-order chi connectivity index (χ0) is 17.6. The van der Waals surface area contributed by atoms with Crippen LogP contribution >= 0.6 is 0 Å². The molecular weight excluding hydrogens is 306 g/mol. The molecule has 2 atom stereocenters. The Labute approximate surface area is 141 Å². The predicted octanol–water partition coefficient (Wildman–Crippen LogP) is 4.17. The van der Waals surface area contributed by atoms with E-state index in [1.165, 1.54) is 0 Å². The number of ketones is 1. The van der Waals surface area contributed by atoms with Gasteiger partial charge in [-0.1, -0.05) is 26.2 Å². The number of amides is 1. The van der Waals surface area contributed by atoms with Gasteiger partial charge in [-0.3, -0.25) is 4.79 Å². The lowest BCUT2D eigenvalue weighted by atomic mass is 9.87. The first-order valence-electron chi connectivity index (χ1n) is 8.65. The van der Waals surface area contributed by atoms with Gasteiger partial charge in [0.1, 0.15) is 5.60 Å². The van der Waals surface area contributed by atoms with Crippen LogP contribution < -0.4 is 0 Å². The average Bonchev–Trinajstić information content (AvgIpc) is 2.65. The lowest BCUT2D eigenvalue weighted by Gasteiger charge is -2.39. The van der Waals surface area contributed by atoms with E-state index < -0.39 is 13.7 Å². The molecule has 0 aliphatic carbocycles.